The third kappa shape index (κ3) is 2.88. The highest BCUT2D eigenvalue weighted by atomic mass is 79.9. The summed E-state index contributed by atoms with van der Waals surface area (Å²) in [6.07, 6.45) is 0.576. The third-order valence-electron chi connectivity index (χ3n) is 5.38. The largest absolute Gasteiger partial charge is 0.467 e. The number of hydrogen-bond acceptors (Lipinski definition) is 4. The van der Waals surface area contributed by atoms with Crippen molar-refractivity contribution in [2.75, 3.05) is 4.90 Å². The van der Waals surface area contributed by atoms with Gasteiger partial charge in [-0.15, -0.1) is 0 Å². The standard InChI is InChI=1S/C22H17BrN2O3S/c1-22-13-16(15-9-5-6-10-17(15)28-22)24(20(26)18-11-12-19(23)27-18)21(29)25(22)14-7-3-2-4-8-14/h2-12,16H,13H2,1H3/t16-,22-/m0/s1. The number of hydrogen-bond donors (Lipinski definition) is 0. The fourth-order valence-electron chi connectivity index (χ4n) is 4.14. The number of fused-ring (bicyclic) bond motifs is 4. The number of benzene rings is 2. The minimum absolute atomic E-state index is 0.236. The molecule has 0 aliphatic carbocycles. The van der Waals surface area contributed by atoms with Crippen molar-refractivity contribution in [2.24, 2.45) is 0 Å². The number of carbonyl (C=O) groups excluding carboxylic acids is 1. The van der Waals surface area contributed by atoms with E-state index in [2.05, 4.69) is 15.9 Å². The van der Waals surface area contributed by atoms with Gasteiger partial charge in [0.25, 0.3) is 5.91 Å². The molecule has 0 spiro atoms. The van der Waals surface area contributed by atoms with Gasteiger partial charge in [-0.3, -0.25) is 14.6 Å². The van der Waals surface area contributed by atoms with Crippen molar-refractivity contribution in [1.82, 2.24) is 4.90 Å². The van der Waals surface area contributed by atoms with Crippen LogP contribution in [0.1, 0.15) is 35.5 Å². The van der Waals surface area contributed by atoms with Crippen LogP contribution in [-0.2, 0) is 0 Å². The van der Waals surface area contributed by atoms with E-state index in [1.54, 1.807) is 17.0 Å². The van der Waals surface area contributed by atoms with Crippen LogP contribution in [0, 0.1) is 0 Å². The molecule has 5 rings (SSSR count). The molecule has 0 unspecified atom stereocenters. The number of furan rings is 1. The fourth-order valence-corrected chi connectivity index (χ4v) is 4.96. The molecule has 1 saturated heterocycles. The van der Waals surface area contributed by atoms with Gasteiger partial charge in [-0.2, -0.15) is 0 Å². The Hall–Kier alpha value is -2.64. The van der Waals surface area contributed by atoms with Gasteiger partial charge < -0.3 is 9.15 Å². The van der Waals surface area contributed by atoms with Crippen LogP contribution in [-0.4, -0.2) is 21.6 Å². The summed E-state index contributed by atoms with van der Waals surface area (Å²) >= 11 is 9.14. The molecule has 2 atom stereocenters. The number of thiocarbonyl (C=S) groups is 1. The lowest BCUT2D eigenvalue weighted by atomic mass is 9.88. The molecule has 0 radical (unpaired) electrons. The van der Waals surface area contributed by atoms with E-state index in [1.165, 1.54) is 0 Å². The molecule has 7 heteroatoms. The molecule has 0 saturated carbocycles. The van der Waals surface area contributed by atoms with E-state index in [9.17, 15) is 4.79 Å². The third-order valence-corrected chi connectivity index (χ3v) is 6.18. The van der Waals surface area contributed by atoms with Gasteiger partial charge in [0.15, 0.2) is 21.3 Å². The van der Waals surface area contributed by atoms with Crippen molar-refractivity contribution in [3.8, 4) is 5.75 Å². The van der Waals surface area contributed by atoms with Crippen LogP contribution >= 0.6 is 28.1 Å². The number of ether oxygens (including phenoxy) is 1. The van der Waals surface area contributed by atoms with Crippen LogP contribution in [0.4, 0.5) is 5.69 Å². The maximum absolute atomic E-state index is 13.5. The molecule has 2 aliphatic heterocycles. The smallest absolute Gasteiger partial charge is 0.296 e. The minimum Gasteiger partial charge on any atom is -0.467 e. The Kier molecular flexibility index (Phi) is 4.26. The summed E-state index contributed by atoms with van der Waals surface area (Å²) in [5.74, 6) is 0.721. The van der Waals surface area contributed by atoms with Gasteiger partial charge in [-0.25, -0.2) is 0 Å². The number of anilines is 1. The Morgan fingerprint density at radius 3 is 2.55 bits per heavy atom. The van der Waals surface area contributed by atoms with Gasteiger partial charge in [0.1, 0.15) is 5.75 Å². The normalized spacial score (nSPS) is 22.8. The van der Waals surface area contributed by atoms with Crippen molar-refractivity contribution < 1.29 is 13.9 Å². The summed E-state index contributed by atoms with van der Waals surface area (Å²) in [5, 5.41) is 0.391. The molecule has 146 valence electrons. The summed E-state index contributed by atoms with van der Waals surface area (Å²) in [6, 6.07) is 20.7. The molecule has 0 N–H and O–H groups in total. The van der Waals surface area contributed by atoms with Gasteiger partial charge in [-0.05, 0) is 65.4 Å². The predicted octanol–water partition coefficient (Wildman–Crippen LogP) is 5.53. The zero-order valence-corrected chi connectivity index (χ0v) is 17.9. The summed E-state index contributed by atoms with van der Waals surface area (Å²) in [4.78, 5) is 17.0. The lowest BCUT2D eigenvalue weighted by Gasteiger charge is -2.55. The van der Waals surface area contributed by atoms with Crippen molar-refractivity contribution >= 4 is 44.9 Å². The minimum atomic E-state index is -0.710. The van der Waals surface area contributed by atoms with Crippen LogP contribution in [0.5, 0.6) is 5.75 Å². The molecule has 1 amide bonds. The first-order valence-corrected chi connectivity index (χ1v) is 10.4. The van der Waals surface area contributed by atoms with Crippen LogP contribution in [0.3, 0.4) is 0 Å². The van der Waals surface area contributed by atoms with Crippen molar-refractivity contribution in [1.29, 1.82) is 0 Å². The Morgan fingerprint density at radius 2 is 1.83 bits per heavy atom. The topological polar surface area (TPSA) is 45.9 Å². The summed E-state index contributed by atoms with van der Waals surface area (Å²) in [7, 11) is 0. The SMILES string of the molecule is C[C@@]12C[C@@H](c3ccccc3O1)N(C(=O)c1ccc(Br)o1)C(=S)N2c1ccccc1. The lowest BCUT2D eigenvalue weighted by molar-refractivity contribution is 0.0173. The van der Waals surface area contributed by atoms with E-state index in [1.807, 2.05) is 66.4 Å². The Morgan fingerprint density at radius 1 is 1.10 bits per heavy atom. The average Bonchev–Trinajstić information content (AvgIpc) is 3.14. The number of rotatable bonds is 2. The molecule has 3 heterocycles. The molecule has 2 bridgehead atoms. The lowest BCUT2D eigenvalue weighted by Crippen LogP contribution is -2.67. The molecule has 2 aromatic carbocycles. The van der Waals surface area contributed by atoms with Crippen molar-refractivity contribution in [3.05, 3.63) is 82.7 Å². The maximum Gasteiger partial charge on any atom is 0.296 e. The molecule has 5 nitrogen and oxygen atoms in total. The van der Waals surface area contributed by atoms with Crippen LogP contribution in [0.25, 0.3) is 0 Å². The average molecular weight is 469 g/mol. The highest BCUT2D eigenvalue weighted by Crippen LogP contribution is 2.49. The van der Waals surface area contributed by atoms with Crippen LogP contribution < -0.4 is 9.64 Å². The number of amides is 1. The summed E-state index contributed by atoms with van der Waals surface area (Å²) in [6.45, 7) is 2.01. The van der Waals surface area contributed by atoms with Crippen molar-refractivity contribution in [3.63, 3.8) is 0 Å². The second-order valence-corrected chi connectivity index (χ2v) is 8.41. The van der Waals surface area contributed by atoms with E-state index in [0.29, 0.717) is 16.2 Å². The number of halogens is 1. The highest BCUT2D eigenvalue weighted by Gasteiger charge is 2.53. The van der Waals surface area contributed by atoms with E-state index >= 15 is 0 Å². The van der Waals surface area contributed by atoms with Crippen LogP contribution in [0.15, 0.2) is 75.8 Å². The zero-order valence-electron chi connectivity index (χ0n) is 15.5. The van der Waals surface area contributed by atoms with E-state index < -0.39 is 5.72 Å². The Labute approximate surface area is 182 Å². The van der Waals surface area contributed by atoms with Gasteiger partial charge >= 0.3 is 0 Å². The second kappa shape index (κ2) is 6.71. The monoisotopic (exact) mass is 468 g/mol. The first kappa shape index (κ1) is 18.4. The fraction of sp³-hybridized carbons (Fsp3) is 0.182. The number of nitrogens with zero attached hydrogens (tertiary/aromatic N) is 2. The summed E-state index contributed by atoms with van der Waals surface area (Å²) < 4.78 is 12.5. The molecule has 1 aromatic heterocycles. The second-order valence-electron chi connectivity index (χ2n) is 7.27. The first-order valence-electron chi connectivity index (χ1n) is 9.24. The van der Waals surface area contributed by atoms with Gasteiger partial charge in [-0.1, -0.05) is 36.4 Å². The van der Waals surface area contributed by atoms with E-state index in [-0.39, 0.29) is 17.7 Å². The first-order chi connectivity index (χ1) is 14.0. The molecular formula is C22H17BrN2O3S. The molecule has 1 fully saturated rings. The Bertz CT molecular complexity index is 1120. The van der Waals surface area contributed by atoms with Crippen LogP contribution in [0.2, 0.25) is 0 Å². The predicted molar refractivity (Wildman–Crippen MR) is 117 cm³/mol. The maximum atomic E-state index is 13.5. The zero-order chi connectivity index (χ0) is 20.2. The van der Waals surface area contributed by atoms with Gasteiger partial charge in [0, 0.05) is 17.7 Å². The molecule has 29 heavy (non-hydrogen) atoms. The molecular weight excluding hydrogens is 452 g/mol. The van der Waals surface area contributed by atoms with Gasteiger partial charge in [0.2, 0.25) is 0 Å². The quantitative estimate of drug-likeness (QED) is 0.462. The number of carbonyl (C=O) groups is 1. The summed E-state index contributed by atoms with van der Waals surface area (Å²) in [5.41, 5.74) is 1.10. The highest BCUT2D eigenvalue weighted by molar-refractivity contribution is 9.10. The van der Waals surface area contributed by atoms with Crippen molar-refractivity contribution in [2.45, 2.75) is 25.1 Å². The molecule has 3 aromatic rings. The molecule has 2 aliphatic rings. The van der Waals surface area contributed by atoms with E-state index in [4.69, 9.17) is 21.4 Å². The van der Waals surface area contributed by atoms with Gasteiger partial charge in [0.05, 0.1) is 6.04 Å². The van der Waals surface area contributed by atoms with E-state index in [0.717, 1.165) is 17.0 Å². The Balaban J connectivity index is 1.68. The number of para-hydroxylation sites is 2.